The van der Waals surface area contributed by atoms with Gasteiger partial charge in [-0.15, -0.1) is 0 Å². The van der Waals surface area contributed by atoms with Crippen molar-refractivity contribution < 1.29 is 23.5 Å². The summed E-state index contributed by atoms with van der Waals surface area (Å²) in [7, 11) is 0. The van der Waals surface area contributed by atoms with Crippen LogP contribution in [0.25, 0.3) is 10.8 Å². The maximum atomic E-state index is 13.9. The molecule has 0 saturated carbocycles. The molecule has 0 N–H and O–H groups in total. The van der Waals surface area contributed by atoms with Gasteiger partial charge in [0, 0.05) is 0 Å². The van der Waals surface area contributed by atoms with Gasteiger partial charge in [0.2, 0.25) is 0 Å². The van der Waals surface area contributed by atoms with Crippen molar-refractivity contribution in [2.45, 2.75) is 0 Å². The average Bonchev–Trinajstić information content (AvgIpc) is 2.75. The molecule has 0 heterocycles. The largest absolute Gasteiger partial charge is 0.422 e. The van der Waals surface area contributed by atoms with E-state index < -0.39 is 17.8 Å². The molecular weight excluding hydrogens is 371 g/mol. The summed E-state index contributed by atoms with van der Waals surface area (Å²) in [4.78, 5) is 24.9. The molecule has 4 aromatic rings. The van der Waals surface area contributed by atoms with Crippen LogP contribution < -0.4 is 9.47 Å². The summed E-state index contributed by atoms with van der Waals surface area (Å²) >= 11 is 0. The third-order valence-corrected chi connectivity index (χ3v) is 4.34. The summed E-state index contributed by atoms with van der Waals surface area (Å²) in [6.45, 7) is 0. The number of rotatable bonds is 4. The van der Waals surface area contributed by atoms with Gasteiger partial charge < -0.3 is 9.47 Å². The molecule has 0 amide bonds. The molecule has 0 aliphatic rings. The van der Waals surface area contributed by atoms with E-state index in [1.165, 1.54) is 18.2 Å². The van der Waals surface area contributed by atoms with Crippen LogP contribution in [0.5, 0.6) is 11.5 Å². The van der Waals surface area contributed by atoms with E-state index in [-0.39, 0.29) is 17.1 Å². The Hall–Kier alpha value is -3.99. The number of ether oxygens (including phenoxy) is 2. The number of fused-ring (bicyclic) bond motifs is 1. The van der Waals surface area contributed by atoms with E-state index >= 15 is 0 Å². The normalized spacial score (nSPS) is 10.5. The lowest BCUT2D eigenvalue weighted by Gasteiger charge is -2.12. The molecule has 0 atom stereocenters. The highest BCUT2D eigenvalue weighted by molar-refractivity contribution is 6.00. The summed E-state index contributed by atoms with van der Waals surface area (Å²) < 4.78 is 24.9. The molecule has 5 heteroatoms. The van der Waals surface area contributed by atoms with Gasteiger partial charge in [0.05, 0.1) is 16.5 Å². The predicted molar refractivity (Wildman–Crippen MR) is 107 cm³/mol. The molecule has 0 aromatic heterocycles. The fourth-order valence-corrected chi connectivity index (χ4v) is 2.96. The molecule has 0 radical (unpaired) electrons. The SMILES string of the molecule is O=C(Oc1cccc2cccc(OC(=O)c3ccccc3F)c12)c1ccccc1. The highest BCUT2D eigenvalue weighted by atomic mass is 19.1. The van der Waals surface area contributed by atoms with Gasteiger partial charge >= 0.3 is 11.9 Å². The molecule has 4 aromatic carbocycles. The van der Waals surface area contributed by atoms with Crippen LogP contribution in [0.4, 0.5) is 4.39 Å². The highest BCUT2D eigenvalue weighted by Crippen LogP contribution is 2.35. The Morgan fingerprint density at radius 2 is 1.21 bits per heavy atom. The summed E-state index contributed by atoms with van der Waals surface area (Å²) in [5.74, 6) is -1.62. The van der Waals surface area contributed by atoms with E-state index in [1.807, 2.05) is 0 Å². The lowest BCUT2D eigenvalue weighted by Crippen LogP contribution is -2.12. The first-order chi connectivity index (χ1) is 14.1. The van der Waals surface area contributed by atoms with Gasteiger partial charge in [0.25, 0.3) is 0 Å². The zero-order valence-electron chi connectivity index (χ0n) is 15.2. The Bertz CT molecular complexity index is 1200. The first kappa shape index (κ1) is 18.4. The number of hydrogen-bond donors (Lipinski definition) is 0. The second-order valence-electron chi connectivity index (χ2n) is 6.24. The Morgan fingerprint density at radius 1 is 0.621 bits per heavy atom. The summed E-state index contributed by atoms with van der Waals surface area (Å²) in [5, 5.41) is 1.16. The highest BCUT2D eigenvalue weighted by Gasteiger charge is 2.18. The van der Waals surface area contributed by atoms with Gasteiger partial charge in [-0.3, -0.25) is 0 Å². The second-order valence-corrected chi connectivity index (χ2v) is 6.24. The zero-order chi connectivity index (χ0) is 20.2. The maximum Gasteiger partial charge on any atom is 0.346 e. The van der Waals surface area contributed by atoms with E-state index in [9.17, 15) is 14.0 Å². The van der Waals surface area contributed by atoms with E-state index in [0.29, 0.717) is 16.3 Å². The predicted octanol–water partition coefficient (Wildman–Crippen LogP) is 5.42. The Kier molecular flexibility index (Phi) is 5.03. The number of hydrogen-bond acceptors (Lipinski definition) is 4. The van der Waals surface area contributed by atoms with E-state index in [4.69, 9.17) is 9.47 Å². The lowest BCUT2D eigenvalue weighted by atomic mass is 10.1. The second kappa shape index (κ2) is 7.94. The third-order valence-electron chi connectivity index (χ3n) is 4.34. The molecule has 4 rings (SSSR count). The van der Waals surface area contributed by atoms with Crippen molar-refractivity contribution in [2.24, 2.45) is 0 Å². The average molecular weight is 386 g/mol. The quantitative estimate of drug-likeness (QED) is 0.347. The molecule has 4 nitrogen and oxygen atoms in total. The van der Waals surface area contributed by atoms with E-state index in [0.717, 1.165) is 0 Å². The lowest BCUT2D eigenvalue weighted by molar-refractivity contribution is 0.0732. The van der Waals surface area contributed by atoms with Gasteiger partial charge in [0.15, 0.2) is 0 Å². The van der Waals surface area contributed by atoms with Crippen molar-refractivity contribution in [1.29, 1.82) is 0 Å². The molecule has 0 bridgehead atoms. The smallest absolute Gasteiger partial charge is 0.346 e. The first-order valence-corrected chi connectivity index (χ1v) is 8.89. The molecular formula is C24H15FO4. The van der Waals surface area contributed by atoms with Crippen molar-refractivity contribution in [2.75, 3.05) is 0 Å². The first-order valence-electron chi connectivity index (χ1n) is 8.89. The number of esters is 2. The molecule has 0 aliphatic carbocycles. The summed E-state index contributed by atoms with van der Waals surface area (Å²) in [6, 6.07) is 24.4. The monoisotopic (exact) mass is 386 g/mol. The molecule has 0 spiro atoms. The van der Waals surface area contributed by atoms with Crippen LogP contribution in [0.15, 0.2) is 91.0 Å². The topological polar surface area (TPSA) is 52.6 Å². The van der Waals surface area contributed by atoms with Crippen molar-refractivity contribution in [1.82, 2.24) is 0 Å². The van der Waals surface area contributed by atoms with Crippen LogP contribution in [0.2, 0.25) is 0 Å². The van der Waals surface area contributed by atoms with Gasteiger partial charge in [-0.25, -0.2) is 14.0 Å². The molecule has 0 saturated heterocycles. The number of carbonyl (C=O) groups excluding carboxylic acids is 2. The Labute approximate surface area is 166 Å². The molecule has 0 unspecified atom stereocenters. The van der Waals surface area contributed by atoms with Crippen LogP contribution >= 0.6 is 0 Å². The van der Waals surface area contributed by atoms with Crippen LogP contribution in [0.3, 0.4) is 0 Å². The Balaban J connectivity index is 1.71. The van der Waals surface area contributed by atoms with Crippen molar-refractivity contribution in [3.05, 3.63) is 108 Å². The van der Waals surface area contributed by atoms with Crippen LogP contribution in [-0.4, -0.2) is 11.9 Å². The molecule has 29 heavy (non-hydrogen) atoms. The van der Waals surface area contributed by atoms with Crippen LogP contribution in [0, 0.1) is 5.82 Å². The minimum absolute atomic E-state index is 0.173. The van der Waals surface area contributed by atoms with Crippen molar-refractivity contribution >= 4 is 22.7 Å². The van der Waals surface area contributed by atoms with Gasteiger partial charge in [-0.2, -0.15) is 0 Å². The number of benzene rings is 4. The van der Waals surface area contributed by atoms with E-state index in [2.05, 4.69) is 0 Å². The molecule has 142 valence electrons. The zero-order valence-corrected chi connectivity index (χ0v) is 15.2. The standard InChI is InChI=1S/C24H15FO4/c25-19-13-5-4-12-18(19)24(27)29-21-15-7-11-16-10-6-14-20(22(16)21)28-23(26)17-8-2-1-3-9-17/h1-15H. The van der Waals surface area contributed by atoms with Crippen LogP contribution in [-0.2, 0) is 0 Å². The number of halogens is 1. The Morgan fingerprint density at radius 3 is 1.86 bits per heavy atom. The van der Waals surface area contributed by atoms with Crippen LogP contribution in [0.1, 0.15) is 20.7 Å². The maximum absolute atomic E-state index is 13.9. The molecule has 0 aliphatic heterocycles. The van der Waals surface area contributed by atoms with Crippen molar-refractivity contribution in [3.8, 4) is 11.5 Å². The minimum atomic E-state index is -0.834. The number of carbonyl (C=O) groups is 2. The summed E-state index contributed by atoms with van der Waals surface area (Å²) in [6.07, 6.45) is 0. The van der Waals surface area contributed by atoms with Gasteiger partial charge in [-0.05, 0) is 41.8 Å². The fraction of sp³-hybridized carbons (Fsp3) is 0. The van der Waals surface area contributed by atoms with E-state index in [1.54, 1.807) is 72.8 Å². The summed E-state index contributed by atoms with van der Waals surface area (Å²) in [5.41, 5.74) is 0.216. The fourth-order valence-electron chi connectivity index (χ4n) is 2.96. The van der Waals surface area contributed by atoms with Gasteiger partial charge in [-0.1, -0.05) is 54.6 Å². The van der Waals surface area contributed by atoms with Gasteiger partial charge in [0.1, 0.15) is 17.3 Å². The third kappa shape index (κ3) is 3.84. The molecule has 0 fully saturated rings. The van der Waals surface area contributed by atoms with Crippen molar-refractivity contribution in [3.63, 3.8) is 0 Å². The minimum Gasteiger partial charge on any atom is -0.422 e.